The molecule has 4 aromatic rings. The van der Waals surface area contributed by atoms with E-state index < -0.39 is 0 Å². The van der Waals surface area contributed by atoms with E-state index in [0.717, 1.165) is 40.6 Å². The summed E-state index contributed by atoms with van der Waals surface area (Å²) < 4.78 is 2.26. The Morgan fingerprint density at radius 2 is 1.75 bits per heavy atom. The molecule has 166 valence electrons. The zero-order valence-electron chi connectivity index (χ0n) is 19.5. The second kappa shape index (κ2) is 9.47. The zero-order valence-corrected chi connectivity index (χ0v) is 19.5. The second-order valence-corrected chi connectivity index (χ2v) is 9.28. The summed E-state index contributed by atoms with van der Waals surface area (Å²) in [5.41, 5.74) is 8.24. The number of fused-ring (bicyclic) bond motifs is 3. The van der Waals surface area contributed by atoms with Crippen molar-refractivity contribution in [1.82, 2.24) is 19.7 Å². The van der Waals surface area contributed by atoms with Crippen LogP contribution < -0.4 is 5.43 Å². The Hall–Kier alpha value is -3.28. The van der Waals surface area contributed by atoms with Crippen molar-refractivity contribution in [3.63, 3.8) is 0 Å². The van der Waals surface area contributed by atoms with Crippen molar-refractivity contribution < 1.29 is 0 Å². The average Bonchev–Trinajstić information content (AvgIpc) is 3.10. The van der Waals surface area contributed by atoms with Crippen molar-refractivity contribution in [2.75, 3.05) is 5.43 Å². The van der Waals surface area contributed by atoms with Crippen molar-refractivity contribution in [2.24, 2.45) is 5.10 Å². The fourth-order valence-corrected chi connectivity index (χ4v) is 3.91. The first-order valence-corrected chi connectivity index (χ1v) is 11.5. The van der Waals surface area contributed by atoms with Crippen LogP contribution in [0.1, 0.15) is 64.5 Å². The van der Waals surface area contributed by atoms with Gasteiger partial charge in [0.15, 0.2) is 5.65 Å². The third-order valence-corrected chi connectivity index (χ3v) is 5.76. The number of nitrogens with one attached hydrogen (secondary N) is 1. The summed E-state index contributed by atoms with van der Waals surface area (Å²) in [6, 6.07) is 16.7. The van der Waals surface area contributed by atoms with Gasteiger partial charge in [0, 0.05) is 11.9 Å². The van der Waals surface area contributed by atoms with Gasteiger partial charge in [-0.05, 0) is 29.0 Å². The third-order valence-electron chi connectivity index (χ3n) is 5.76. The van der Waals surface area contributed by atoms with Gasteiger partial charge in [-0.3, -0.25) is 0 Å². The van der Waals surface area contributed by atoms with Gasteiger partial charge < -0.3 is 4.57 Å². The van der Waals surface area contributed by atoms with Gasteiger partial charge in [0.2, 0.25) is 0 Å². The van der Waals surface area contributed by atoms with Crippen LogP contribution in [-0.2, 0) is 12.0 Å². The first-order valence-electron chi connectivity index (χ1n) is 11.5. The van der Waals surface area contributed by atoms with Crippen molar-refractivity contribution in [3.8, 4) is 0 Å². The van der Waals surface area contributed by atoms with Gasteiger partial charge in [0.25, 0.3) is 5.95 Å². The Kier molecular flexibility index (Phi) is 6.49. The molecule has 0 atom stereocenters. The molecule has 0 aliphatic carbocycles. The Labute approximate surface area is 189 Å². The number of rotatable bonds is 8. The maximum absolute atomic E-state index is 4.75. The summed E-state index contributed by atoms with van der Waals surface area (Å²) in [5.74, 6) is 0.401. The van der Waals surface area contributed by atoms with Crippen LogP contribution in [0, 0.1) is 0 Å². The molecule has 2 aromatic carbocycles. The number of benzene rings is 2. The molecule has 32 heavy (non-hydrogen) atoms. The summed E-state index contributed by atoms with van der Waals surface area (Å²) in [6.45, 7) is 9.78. The Bertz CT molecular complexity index is 1220. The van der Waals surface area contributed by atoms with Crippen molar-refractivity contribution in [2.45, 2.75) is 65.3 Å². The molecule has 0 bridgehead atoms. The largest absolute Gasteiger partial charge is 0.324 e. The monoisotopic (exact) mass is 428 g/mol. The van der Waals surface area contributed by atoms with Gasteiger partial charge in [-0.25, -0.2) is 5.43 Å². The van der Waals surface area contributed by atoms with Crippen LogP contribution in [0.5, 0.6) is 0 Å². The first kappa shape index (κ1) is 21.9. The third kappa shape index (κ3) is 4.79. The lowest BCUT2D eigenvalue weighted by Gasteiger charge is -2.18. The van der Waals surface area contributed by atoms with E-state index in [4.69, 9.17) is 4.98 Å². The minimum absolute atomic E-state index is 0.137. The molecule has 0 saturated carbocycles. The van der Waals surface area contributed by atoms with Crippen LogP contribution in [0.15, 0.2) is 53.6 Å². The summed E-state index contributed by atoms with van der Waals surface area (Å²) in [6.07, 6.45) is 6.59. The van der Waals surface area contributed by atoms with Crippen molar-refractivity contribution in [3.05, 3.63) is 59.7 Å². The minimum Gasteiger partial charge on any atom is -0.324 e. The highest BCUT2D eigenvalue weighted by Gasteiger charge is 2.14. The Morgan fingerprint density at radius 1 is 0.969 bits per heavy atom. The zero-order chi connectivity index (χ0) is 22.6. The molecule has 6 nitrogen and oxygen atoms in total. The molecule has 6 heteroatoms. The predicted molar refractivity (Wildman–Crippen MR) is 133 cm³/mol. The van der Waals surface area contributed by atoms with E-state index in [2.05, 4.69) is 95.5 Å². The second-order valence-electron chi connectivity index (χ2n) is 9.28. The summed E-state index contributed by atoms with van der Waals surface area (Å²) in [4.78, 5) is 4.75. The van der Waals surface area contributed by atoms with E-state index >= 15 is 0 Å². The van der Waals surface area contributed by atoms with Crippen molar-refractivity contribution in [1.29, 1.82) is 0 Å². The molecule has 2 heterocycles. The minimum atomic E-state index is 0.137. The maximum atomic E-state index is 4.75. The smallest absolute Gasteiger partial charge is 0.265 e. The highest BCUT2D eigenvalue weighted by molar-refractivity contribution is 6.04. The number of aryl methyl sites for hydroxylation is 1. The van der Waals surface area contributed by atoms with E-state index in [1.807, 2.05) is 6.07 Å². The van der Waals surface area contributed by atoms with Gasteiger partial charge >= 0.3 is 0 Å². The fourth-order valence-electron chi connectivity index (χ4n) is 3.91. The highest BCUT2D eigenvalue weighted by atomic mass is 15.4. The number of nitrogens with zero attached hydrogens (tertiary/aromatic N) is 5. The molecule has 2 aromatic heterocycles. The molecule has 0 radical (unpaired) electrons. The summed E-state index contributed by atoms with van der Waals surface area (Å²) in [7, 11) is 0. The predicted octanol–water partition coefficient (Wildman–Crippen LogP) is 6.30. The number of para-hydroxylation sites is 1. The molecular weight excluding hydrogens is 396 g/mol. The van der Waals surface area contributed by atoms with Crippen LogP contribution in [0.2, 0.25) is 0 Å². The number of hydrogen-bond acceptors (Lipinski definition) is 5. The van der Waals surface area contributed by atoms with Gasteiger partial charge in [-0.1, -0.05) is 89.4 Å². The quantitative estimate of drug-likeness (QED) is 0.203. The molecule has 1 N–H and O–H groups in total. The van der Waals surface area contributed by atoms with Crippen LogP contribution in [0.4, 0.5) is 5.95 Å². The number of hydrogen-bond donors (Lipinski definition) is 1. The van der Waals surface area contributed by atoms with Crippen LogP contribution in [0.3, 0.4) is 0 Å². The van der Waals surface area contributed by atoms with Crippen molar-refractivity contribution >= 4 is 34.2 Å². The van der Waals surface area contributed by atoms with Gasteiger partial charge in [0.1, 0.15) is 5.52 Å². The Balaban J connectivity index is 1.56. The lowest BCUT2D eigenvalue weighted by atomic mass is 9.87. The number of anilines is 1. The first-order chi connectivity index (χ1) is 15.5. The Morgan fingerprint density at radius 3 is 2.50 bits per heavy atom. The maximum Gasteiger partial charge on any atom is 0.265 e. The lowest BCUT2D eigenvalue weighted by molar-refractivity contribution is 0.590. The summed E-state index contributed by atoms with van der Waals surface area (Å²) >= 11 is 0. The number of hydrazone groups is 1. The van der Waals surface area contributed by atoms with Gasteiger partial charge in [0.05, 0.1) is 11.7 Å². The van der Waals surface area contributed by atoms with E-state index in [-0.39, 0.29) is 5.41 Å². The molecule has 0 saturated heterocycles. The number of unbranched alkanes of at least 4 members (excludes halogenated alkanes) is 3. The molecule has 0 fully saturated rings. The fraction of sp³-hybridized carbons (Fsp3) is 0.385. The van der Waals surface area contributed by atoms with E-state index in [9.17, 15) is 0 Å². The molecular formula is C26H32N6. The van der Waals surface area contributed by atoms with E-state index in [0.29, 0.717) is 5.95 Å². The highest BCUT2D eigenvalue weighted by Crippen LogP contribution is 2.27. The topological polar surface area (TPSA) is 68.0 Å². The van der Waals surface area contributed by atoms with Crippen LogP contribution in [-0.4, -0.2) is 26.0 Å². The molecule has 0 unspecified atom stereocenters. The van der Waals surface area contributed by atoms with E-state index in [1.165, 1.54) is 24.8 Å². The van der Waals surface area contributed by atoms with Crippen LogP contribution in [0.25, 0.3) is 22.1 Å². The van der Waals surface area contributed by atoms with Gasteiger partial charge in [-0.15, -0.1) is 10.2 Å². The van der Waals surface area contributed by atoms with Gasteiger partial charge in [-0.2, -0.15) is 10.1 Å². The SMILES string of the molecule is CCCCCCn1c2ccccc2c2nnc(N/N=C/c3ccc(C(C)(C)C)cc3)nc21. The molecule has 0 spiro atoms. The summed E-state index contributed by atoms with van der Waals surface area (Å²) in [5, 5.41) is 14.1. The molecule has 0 aliphatic heterocycles. The normalized spacial score (nSPS) is 12.2. The average molecular weight is 429 g/mol. The number of aromatic nitrogens is 4. The van der Waals surface area contributed by atoms with Crippen LogP contribution >= 0.6 is 0 Å². The standard InChI is InChI=1S/C26H32N6/c1-5-6-7-10-17-32-22-12-9-8-11-21(22)23-24(32)28-25(31-29-23)30-27-18-19-13-15-20(16-14-19)26(2,3)4/h8-9,11-16,18H,5-7,10,17H2,1-4H3,(H,28,30,31)/b27-18+. The molecule has 0 amide bonds. The molecule has 4 rings (SSSR count). The molecule has 0 aliphatic rings. The van der Waals surface area contributed by atoms with E-state index in [1.54, 1.807) is 6.21 Å². The lowest BCUT2D eigenvalue weighted by Crippen LogP contribution is -2.10.